The van der Waals surface area contributed by atoms with Gasteiger partial charge in [-0.2, -0.15) is 0 Å². The molecule has 0 N–H and O–H groups in total. The van der Waals surface area contributed by atoms with Gasteiger partial charge >= 0.3 is 5.97 Å². The van der Waals surface area contributed by atoms with Crippen LogP contribution in [0.15, 0.2) is 24.3 Å². The zero-order chi connectivity index (χ0) is 14.5. The lowest BCUT2D eigenvalue weighted by Crippen LogP contribution is -2.37. The summed E-state index contributed by atoms with van der Waals surface area (Å²) in [5.41, 5.74) is 2.66. The maximum atomic E-state index is 11.9. The van der Waals surface area contributed by atoms with E-state index in [1.807, 2.05) is 13.8 Å². The van der Waals surface area contributed by atoms with Gasteiger partial charge in [0.1, 0.15) is 0 Å². The highest BCUT2D eigenvalue weighted by molar-refractivity contribution is 5.72. The normalized spacial score (nSPS) is 17.4. The molecule has 110 valence electrons. The first-order chi connectivity index (χ1) is 9.54. The maximum absolute atomic E-state index is 11.9. The number of benzene rings is 1. The molecule has 0 aromatic heterocycles. The number of hydrogen-bond acceptors (Lipinski definition) is 3. The molecule has 3 heteroatoms. The molecule has 0 radical (unpaired) electrons. The third-order valence-electron chi connectivity index (χ3n) is 3.76. The number of esters is 1. The predicted molar refractivity (Wildman–Crippen MR) is 80.4 cm³/mol. The standard InChI is InChI=1S/C17H25NO2/c1-13(2)20-17(19)16-7-9-18(10-8-16)12-15-6-4-5-14(3)11-15/h4-6,11,13,16H,7-10,12H2,1-3H3. The zero-order valence-corrected chi connectivity index (χ0v) is 12.8. The van der Waals surface area contributed by atoms with Crippen LogP contribution in [0.3, 0.4) is 0 Å². The Bertz CT molecular complexity index is 448. The van der Waals surface area contributed by atoms with Crippen molar-refractivity contribution in [2.24, 2.45) is 5.92 Å². The van der Waals surface area contributed by atoms with Gasteiger partial charge in [0.05, 0.1) is 12.0 Å². The van der Waals surface area contributed by atoms with Crippen molar-refractivity contribution in [3.05, 3.63) is 35.4 Å². The number of carbonyl (C=O) groups excluding carboxylic acids is 1. The van der Waals surface area contributed by atoms with Gasteiger partial charge in [-0.3, -0.25) is 9.69 Å². The highest BCUT2D eigenvalue weighted by atomic mass is 16.5. The topological polar surface area (TPSA) is 29.5 Å². The van der Waals surface area contributed by atoms with Crippen molar-refractivity contribution < 1.29 is 9.53 Å². The van der Waals surface area contributed by atoms with E-state index in [2.05, 4.69) is 36.1 Å². The molecule has 0 aliphatic carbocycles. The Morgan fingerprint density at radius 1 is 1.35 bits per heavy atom. The fraction of sp³-hybridized carbons (Fsp3) is 0.588. The van der Waals surface area contributed by atoms with E-state index in [9.17, 15) is 4.79 Å². The summed E-state index contributed by atoms with van der Waals surface area (Å²) in [6.45, 7) is 8.87. The number of nitrogens with zero attached hydrogens (tertiary/aromatic N) is 1. The molecule has 1 heterocycles. The second kappa shape index (κ2) is 6.89. The molecule has 1 aliphatic heterocycles. The molecule has 20 heavy (non-hydrogen) atoms. The van der Waals surface area contributed by atoms with Crippen LogP contribution in [-0.4, -0.2) is 30.1 Å². The lowest BCUT2D eigenvalue weighted by Gasteiger charge is -2.31. The summed E-state index contributed by atoms with van der Waals surface area (Å²) >= 11 is 0. The summed E-state index contributed by atoms with van der Waals surface area (Å²) in [6.07, 6.45) is 1.82. The van der Waals surface area contributed by atoms with Gasteiger partial charge in [0, 0.05) is 6.54 Å². The summed E-state index contributed by atoms with van der Waals surface area (Å²) in [5.74, 6) is 0.0707. The average Bonchev–Trinajstić information content (AvgIpc) is 2.38. The van der Waals surface area contributed by atoms with Gasteiger partial charge in [0.15, 0.2) is 0 Å². The first kappa shape index (κ1) is 15.0. The van der Waals surface area contributed by atoms with E-state index < -0.39 is 0 Å². The first-order valence-corrected chi connectivity index (χ1v) is 7.53. The fourth-order valence-electron chi connectivity index (χ4n) is 2.72. The van der Waals surface area contributed by atoms with Crippen molar-refractivity contribution in [1.82, 2.24) is 4.90 Å². The van der Waals surface area contributed by atoms with E-state index in [1.54, 1.807) is 0 Å². The summed E-state index contributed by atoms with van der Waals surface area (Å²) in [6, 6.07) is 8.64. The van der Waals surface area contributed by atoms with Crippen molar-refractivity contribution in [1.29, 1.82) is 0 Å². The van der Waals surface area contributed by atoms with E-state index >= 15 is 0 Å². The number of hydrogen-bond donors (Lipinski definition) is 0. The van der Waals surface area contributed by atoms with E-state index in [0.29, 0.717) is 0 Å². The van der Waals surface area contributed by atoms with Crippen LogP contribution in [0, 0.1) is 12.8 Å². The third kappa shape index (κ3) is 4.34. The van der Waals surface area contributed by atoms with Crippen LogP contribution in [0.5, 0.6) is 0 Å². The first-order valence-electron chi connectivity index (χ1n) is 7.53. The lowest BCUT2D eigenvalue weighted by atomic mass is 9.96. The fourth-order valence-corrected chi connectivity index (χ4v) is 2.72. The number of likely N-dealkylation sites (tertiary alicyclic amines) is 1. The molecule has 2 rings (SSSR count). The van der Waals surface area contributed by atoms with Crippen LogP contribution in [0.2, 0.25) is 0 Å². The van der Waals surface area contributed by atoms with Crippen LogP contribution in [0.1, 0.15) is 37.8 Å². The van der Waals surface area contributed by atoms with E-state index in [0.717, 1.165) is 32.5 Å². The summed E-state index contributed by atoms with van der Waals surface area (Å²) < 4.78 is 5.30. The Balaban J connectivity index is 1.81. The maximum Gasteiger partial charge on any atom is 0.309 e. The highest BCUT2D eigenvalue weighted by Crippen LogP contribution is 2.21. The minimum Gasteiger partial charge on any atom is -0.463 e. The van der Waals surface area contributed by atoms with Gasteiger partial charge in [-0.1, -0.05) is 29.8 Å². The van der Waals surface area contributed by atoms with Crippen LogP contribution in [0.25, 0.3) is 0 Å². The molecule has 0 unspecified atom stereocenters. The van der Waals surface area contributed by atoms with Crippen molar-refractivity contribution in [3.63, 3.8) is 0 Å². The van der Waals surface area contributed by atoms with Crippen molar-refractivity contribution in [2.75, 3.05) is 13.1 Å². The minimum absolute atomic E-state index is 0.00664. The number of rotatable bonds is 4. The van der Waals surface area contributed by atoms with Crippen molar-refractivity contribution in [3.8, 4) is 0 Å². The second-order valence-electron chi connectivity index (χ2n) is 6.03. The molecular weight excluding hydrogens is 250 g/mol. The van der Waals surface area contributed by atoms with Gasteiger partial charge in [-0.05, 0) is 52.3 Å². The SMILES string of the molecule is Cc1cccc(CN2CCC(C(=O)OC(C)C)CC2)c1. The summed E-state index contributed by atoms with van der Waals surface area (Å²) in [7, 11) is 0. The molecule has 0 amide bonds. The average molecular weight is 275 g/mol. The van der Waals surface area contributed by atoms with E-state index in [4.69, 9.17) is 4.74 Å². The zero-order valence-electron chi connectivity index (χ0n) is 12.8. The Labute approximate surface area is 121 Å². The van der Waals surface area contributed by atoms with E-state index in [1.165, 1.54) is 11.1 Å². The van der Waals surface area contributed by atoms with Crippen LogP contribution in [0.4, 0.5) is 0 Å². The van der Waals surface area contributed by atoms with Gasteiger partial charge < -0.3 is 4.74 Å². The van der Waals surface area contributed by atoms with Gasteiger partial charge in [-0.25, -0.2) is 0 Å². The monoisotopic (exact) mass is 275 g/mol. The van der Waals surface area contributed by atoms with Crippen LogP contribution >= 0.6 is 0 Å². The Hall–Kier alpha value is -1.35. The van der Waals surface area contributed by atoms with Crippen LogP contribution < -0.4 is 0 Å². The Kier molecular flexibility index (Phi) is 5.18. The summed E-state index contributed by atoms with van der Waals surface area (Å²) in [4.78, 5) is 14.3. The third-order valence-corrected chi connectivity index (χ3v) is 3.76. The molecule has 0 atom stereocenters. The largest absolute Gasteiger partial charge is 0.463 e. The Morgan fingerprint density at radius 2 is 2.05 bits per heavy atom. The number of piperidine rings is 1. The molecule has 3 nitrogen and oxygen atoms in total. The number of aryl methyl sites for hydroxylation is 1. The molecule has 0 bridgehead atoms. The molecule has 1 fully saturated rings. The molecule has 0 spiro atoms. The van der Waals surface area contributed by atoms with Gasteiger partial charge in [-0.15, -0.1) is 0 Å². The van der Waals surface area contributed by atoms with Crippen molar-refractivity contribution in [2.45, 2.75) is 46.3 Å². The number of ether oxygens (including phenoxy) is 1. The molecule has 1 aromatic carbocycles. The molecule has 1 aromatic rings. The molecular formula is C17H25NO2. The number of carbonyl (C=O) groups is 1. The quantitative estimate of drug-likeness (QED) is 0.791. The summed E-state index contributed by atoms with van der Waals surface area (Å²) in [5, 5.41) is 0. The Morgan fingerprint density at radius 3 is 2.65 bits per heavy atom. The molecule has 1 aliphatic rings. The lowest BCUT2D eigenvalue weighted by molar-refractivity contribution is -0.154. The second-order valence-corrected chi connectivity index (χ2v) is 6.03. The smallest absolute Gasteiger partial charge is 0.309 e. The minimum atomic E-state index is -0.0183. The molecule has 0 saturated carbocycles. The van der Waals surface area contributed by atoms with Gasteiger partial charge in [0.2, 0.25) is 0 Å². The predicted octanol–water partition coefficient (Wildman–Crippen LogP) is 3.16. The van der Waals surface area contributed by atoms with E-state index in [-0.39, 0.29) is 18.0 Å². The van der Waals surface area contributed by atoms with Crippen molar-refractivity contribution >= 4 is 5.97 Å². The van der Waals surface area contributed by atoms with Gasteiger partial charge in [0.25, 0.3) is 0 Å². The van der Waals surface area contributed by atoms with Crippen LogP contribution in [-0.2, 0) is 16.1 Å². The highest BCUT2D eigenvalue weighted by Gasteiger charge is 2.26. The molecule has 1 saturated heterocycles.